The maximum atomic E-state index is 13.0. The number of nitrogens with zero attached hydrogens (tertiary/aromatic N) is 4. The smallest absolute Gasteiger partial charge is 0.251 e. The van der Waals surface area contributed by atoms with Gasteiger partial charge in [-0.2, -0.15) is 5.26 Å². The molecule has 1 N–H and O–H groups in total. The number of fused-ring (bicyclic) bond motifs is 1. The molecule has 1 saturated heterocycles. The summed E-state index contributed by atoms with van der Waals surface area (Å²) in [6, 6.07) is 24.2. The maximum absolute atomic E-state index is 13.0. The van der Waals surface area contributed by atoms with Crippen LogP contribution in [0.2, 0.25) is 0 Å². The molecule has 234 valence electrons. The van der Waals surface area contributed by atoms with Gasteiger partial charge in [0.25, 0.3) is 5.91 Å². The van der Waals surface area contributed by atoms with E-state index in [1.165, 1.54) is 16.7 Å². The van der Waals surface area contributed by atoms with E-state index in [2.05, 4.69) is 86.2 Å². The van der Waals surface area contributed by atoms with Crippen molar-refractivity contribution >= 4 is 22.8 Å². The van der Waals surface area contributed by atoms with Crippen LogP contribution in [0.25, 0.3) is 33.7 Å². The lowest BCUT2D eigenvalue weighted by Crippen LogP contribution is -2.39. The van der Waals surface area contributed by atoms with Gasteiger partial charge in [-0.1, -0.05) is 51.5 Å². The number of aromatic nitrogens is 2. The molecule has 7 nitrogen and oxygen atoms in total. The summed E-state index contributed by atoms with van der Waals surface area (Å²) in [5.41, 5.74) is 9.31. The van der Waals surface area contributed by atoms with E-state index in [9.17, 15) is 10.1 Å². The highest BCUT2D eigenvalue weighted by atomic mass is 16.3. The standard InChI is InChI=1S/C39H41N5O2/c1-24(2)32-12-6-26(5)18-34(32)31-11-13-36(41-23-31)44-16-14-27(15-17-44)22-42-38(45)29-7-9-30(10-8-29)39-43-35-20-28(21-40)19-33(25(3)4)37(35)46-39/h6-13,18-20,23-25,27H,14-17,22H2,1-5H3,(H,42,45). The fraction of sp³-hybridized carbons (Fsp3) is 0.333. The minimum atomic E-state index is -0.0820. The topological polar surface area (TPSA) is 95.1 Å². The predicted molar refractivity (Wildman–Crippen MR) is 184 cm³/mol. The molecule has 5 aromatic rings. The number of carbonyl (C=O) groups excluding carboxylic acids is 1. The van der Waals surface area contributed by atoms with E-state index in [0.717, 1.165) is 48.4 Å². The van der Waals surface area contributed by atoms with Crippen LogP contribution in [0.4, 0.5) is 5.82 Å². The molecule has 0 saturated carbocycles. The van der Waals surface area contributed by atoms with Crippen molar-refractivity contribution in [3.05, 3.63) is 101 Å². The first-order valence-electron chi connectivity index (χ1n) is 16.2. The van der Waals surface area contributed by atoms with Gasteiger partial charge in [0.2, 0.25) is 5.89 Å². The lowest BCUT2D eigenvalue weighted by Gasteiger charge is -2.33. The molecular weight excluding hydrogens is 570 g/mol. The van der Waals surface area contributed by atoms with Crippen LogP contribution in [0.1, 0.15) is 85.0 Å². The summed E-state index contributed by atoms with van der Waals surface area (Å²) in [5.74, 6) is 2.48. The zero-order valence-electron chi connectivity index (χ0n) is 27.3. The first kappa shape index (κ1) is 31.0. The molecule has 2 aromatic heterocycles. The monoisotopic (exact) mass is 611 g/mol. The number of anilines is 1. The zero-order valence-corrected chi connectivity index (χ0v) is 27.3. The van der Waals surface area contributed by atoms with E-state index >= 15 is 0 Å². The van der Waals surface area contributed by atoms with Crippen LogP contribution < -0.4 is 10.2 Å². The van der Waals surface area contributed by atoms with Crippen LogP contribution in [0.3, 0.4) is 0 Å². The second kappa shape index (κ2) is 13.2. The first-order chi connectivity index (χ1) is 22.2. The van der Waals surface area contributed by atoms with Crippen molar-refractivity contribution in [1.29, 1.82) is 5.26 Å². The van der Waals surface area contributed by atoms with Gasteiger partial charge in [-0.25, -0.2) is 9.97 Å². The van der Waals surface area contributed by atoms with Crippen molar-refractivity contribution in [2.45, 2.75) is 59.3 Å². The summed E-state index contributed by atoms with van der Waals surface area (Å²) in [6.07, 6.45) is 4.01. The van der Waals surface area contributed by atoms with Crippen molar-refractivity contribution in [2.75, 3.05) is 24.5 Å². The van der Waals surface area contributed by atoms with Crippen LogP contribution >= 0.6 is 0 Å². The Morgan fingerprint density at radius 2 is 1.67 bits per heavy atom. The molecule has 0 spiro atoms. The van der Waals surface area contributed by atoms with Crippen molar-refractivity contribution < 1.29 is 9.21 Å². The fourth-order valence-corrected chi connectivity index (χ4v) is 6.30. The number of amides is 1. The number of nitrogens with one attached hydrogen (secondary N) is 1. The lowest BCUT2D eigenvalue weighted by molar-refractivity contribution is 0.0945. The van der Waals surface area contributed by atoms with Gasteiger partial charge in [0, 0.05) is 48.1 Å². The second-order valence-electron chi connectivity index (χ2n) is 13.1. The third-order valence-corrected chi connectivity index (χ3v) is 9.04. The van der Waals surface area contributed by atoms with Crippen molar-refractivity contribution in [3.63, 3.8) is 0 Å². The van der Waals surface area contributed by atoms with E-state index < -0.39 is 0 Å². The van der Waals surface area contributed by atoms with Gasteiger partial charge in [0.05, 0.1) is 11.6 Å². The summed E-state index contributed by atoms with van der Waals surface area (Å²) < 4.78 is 6.13. The van der Waals surface area contributed by atoms with Crippen LogP contribution in [-0.2, 0) is 0 Å². The van der Waals surface area contributed by atoms with E-state index in [4.69, 9.17) is 9.40 Å². The van der Waals surface area contributed by atoms with E-state index in [1.807, 2.05) is 36.5 Å². The lowest BCUT2D eigenvalue weighted by atomic mass is 9.92. The minimum Gasteiger partial charge on any atom is -0.436 e. The average molecular weight is 612 g/mol. The number of carbonyl (C=O) groups is 1. The molecule has 0 unspecified atom stereocenters. The Morgan fingerprint density at radius 1 is 0.957 bits per heavy atom. The molecule has 6 rings (SSSR count). The van der Waals surface area contributed by atoms with Crippen molar-refractivity contribution in [2.24, 2.45) is 5.92 Å². The van der Waals surface area contributed by atoms with Gasteiger partial charge < -0.3 is 14.6 Å². The number of pyridine rings is 1. The first-order valence-corrected chi connectivity index (χ1v) is 16.2. The normalized spacial score (nSPS) is 13.8. The Morgan fingerprint density at radius 3 is 2.33 bits per heavy atom. The molecule has 3 aromatic carbocycles. The Hall–Kier alpha value is -4.96. The van der Waals surface area contributed by atoms with Gasteiger partial charge in [-0.15, -0.1) is 0 Å². The largest absolute Gasteiger partial charge is 0.436 e. The molecular formula is C39H41N5O2. The molecule has 1 aliphatic rings. The zero-order chi connectivity index (χ0) is 32.4. The van der Waals surface area contributed by atoms with Gasteiger partial charge in [0.15, 0.2) is 5.58 Å². The molecule has 0 radical (unpaired) electrons. The molecule has 0 atom stereocenters. The van der Waals surface area contributed by atoms with E-state index in [1.54, 1.807) is 6.07 Å². The Bertz CT molecular complexity index is 1890. The van der Waals surface area contributed by atoms with Crippen LogP contribution in [0.15, 0.2) is 77.3 Å². The molecule has 3 heterocycles. The van der Waals surface area contributed by atoms with Gasteiger partial charge in [0.1, 0.15) is 11.3 Å². The molecule has 1 aliphatic heterocycles. The number of hydrogen-bond acceptors (Lipinski definition) is 6. The average Bonchev–Trinajstić information content (AvgIpc) is 3.51. The van der Waals surface area contributed by atoms with Crippen molar-refractivity contribution in [1.82, 2.24) is 15.3 Å². The molecule has 0 bridgehead atoms. The molecule has 1 fully saturated rings. The number of hydrogen-bond donors (Lipinski definition) is 1. The van der Waals surface area contributed by atoms with Gasteiger partial charge in [-0.05, 0) is 97.2 Å². The summed E-state index contributed by atoms with van der Waals surface area (Å²) in [7, 11) is 0. The third-order valence-electron chi connectivity index (χ3n) is 9.04. The molecule has 46 heavy (non-hydrogen) atoms. The Balaban J connectivity index is 1.03. The van der Waals surface area contributed by atoms with Gasteiger partial charge in [-0.3, -0.25) is 4.79 Å². The van der Waals surface area contributed by atoms with Crippen molar-refractivity contribution in [3.8, 4) is 28.7 Å². The number of oxazole rings is 1. The molecule has 7 heteroatoms. The second-order valence-corrected chi connectivity index (χ2v) is 13.1. The number of benzene rings is 3. The maximum Gasteiger partial charge on any atom is 0.251 e. The fourth-order valence-electron chi connectivity index (χ4n) is 6.30. The molecule has 1 amide bonds. The number of aryl methyl sites for hydroxylation is 1. The summed E-state index contributed by atoms with van der Waals surface area (Å²) in [4.78, 5) is 24.8. The Kier molecular flexibility index (Phi) is 8.90. The van der Waals surface area contributed by atoms with Crippen LogP contribution in [0.5, 0.6) is 0 Å². The summed E-state index contributed by atoms with van der Waals surface area (Å²) in [6.45, 7) is 13.2. The SMILES string of the molecule is Cc1ccc(C(C)C)c(-c2ccc(N3CCC(CNC(=O)c4ccc(-c5nc6cc(C#N)cc(C(C)C)c6o5)cc4)CC3)nc2)c1. The highest BCUT2D eigenvalue weighted by Crippen LogP contribution is 2.33. The van der Waals surface area contributed by atoms with Crippen LogP contribution in [0, 0.1) is 24.2 Å². The summed E-state index contributed by atoms with van der Waals surface area (Å²) >= 11 is 0. The highest BCUT2D eigenvalue weighted by molar-refractivity contribution is 5.94. The predicted octanol–water partition coefficient (Wildman–Crippen LogP) is 8.63. The summed E-state index contributed by atoms with van der Waals surface area (Å²) in [5, 5.41) is 12.6. The number of nitriles is 1. The van der Waals surface area contributed by atoms with Crippen LogP contribution in [-0.4, -0.2) is 35.5 Å². The minimum absolute atomic E-state index is 0.0820. The van der Waals surface area contributed by atoms with E-state index in [0.29, 0.717) is 46.5 Å². The third kappa shape index (κ3) is 6.53. The highest BCUT2D eigenvalue weighted by Gasteiger charge is 2.22. The van der Waals surface area contributed by atoms with Gasteiger partial charge >= 0.3 is 0 Å². The number of piperidine rings is 1. The molecule has 0 aliphatic carbocycles. The van der Waals surface area contributed by atoms with E-state index in [-0.39, 0.29) is 11.8 Å². The Labute approximate surface area is 271 Å². The number of rotatable bonds is 8. The quantitative estimate of drug-likeness (QED) is 0.189.